The first kappa shape index (κ1) is 15.8. The summed E-state index contributed by atoms with van der Waals surface area (Å²) >= 11 is 0. The molecule has 0 saturated carbocycles. The summed E-state index contributed by atoms with van der Waals surface area (Å²) in [5, 5.41) is 15.2. The van der Waals surface area contributed by atoms with Crippen molar-refractivity contribution in [1.82, 2.24) is 10.6 Å². The Morgan fingerprint density at radius 3 is 2.67 bits per heavy atom. The lowest BCUT2D eigenvalue weighted by Gasteiger charge is -2.21. The first-order chi connectivity index (χ1) is 10.1. The first-order valence-corrected chi connectivity index (χ1v) is 7.52. The van der Waals surface area contributed by atoms with Crippen LogP contribution in [0.1, 0.15) is 37.4 Å². The fraction of sp³-hybridized carbons (Fsp3) is 0.562. The van der Waals surface area contributed by atoms with Crippen molar-refractivity contribution < 1.29 is 14.6 Å². The van der Waals surface area contributed by atoms with Crippen LogP contribution in [0.5, 0.6) is 0 Å². The second-order valence-electron chi connectivity index (χ2n) is 5.42. The van der Waals surface area contributed by atoms with E-state index < -0.39 is 6.04 Å². The molecule has 116 valence electrons. The highest BCUT2D eigenvalue weighted by molar-refractivity contribution is 5.75. The minimum atomic E-state index is -0.395. The lowest BCUT2D eigenvalue weighted by atomic mass is 10.0. The van der Waals surface area contributed by atoms with Gasteiger partial charge in [-0.1, -0.05) is 31.2 Å². The Morgan fingerprint density at radius 1 is 1.43 bits per heavy atom. The maximum Gasteiger partial charge on any atom is 0.315 e. The number of nitrogens with one attached hydrogen (secondary N) is 2. The highest BCUT2D eigenvalue weighted by Crippen LogP contribution is 2.15. The maximum absolute atomic E-state index is 12.0. The van der Waals surface area contributed by atoms with E-state index in [9.17, 15) is 9.90 Å². The Kier molecular flexibility index (Phi) is 5.59. The molecule has 1 aliphatic rings. The molecule has 0 aromatic heterocycles. The molecular weight excluding hydrogens is 268 g/mol. The minimum Gasteiger partial charge on any atom is -0.394 e. The van der Waals surface area contributed by atoms with Gasteiger partial charge in [-0.05, 0) is 30.9 Å². The number of hydrogen-bond acceptors (Lipinski definition) is 3. The normalized spacial score (nSPS) is 22.8. The van der Waals surface area contributed by atoms with Gasteiger partial charge in [0.05, 0.1) is 24.8 Å². The quantitative estimate of drug-likeness (QED) is 0.774. The third-order valence-electron chi connectivity index (χ3n) is 3.97. The van der Waals surface area contributed by atoms with E-state index >= 15 is 0 Å². The van der Waals surface area contributed by atoms with E-state index in [4.69, 9.17) is 4.74 Å². The number of amides is 2. The van der Waals surface area contributed by atoms with E-state index in [0.29, 0.717) is 6.61 Å². The van der Waals surface area contributed by atoms with Gasteiger partial charge in [0.15, 0.2) is 0 Å². The van der Waals surface area contributed by atoms with Crippen LogP contribution in [-0.2, 0) is 11.2 Å². The molecule has 1 aromatic carbocycles. The van der Waals surface area contributed by atoms with E-state index in [0.717, 1.165) is 18.4 Å². The zero-order valence-corrected chi connectivity index (χ0v) is 12.6. The Balaban J connectivity index is 1.92. The molecule has 21 heavy (non-hydrogen) atoms. The van der Waals surface area contributed by atoms with Crippen LogP contribution >= 0.6 is 0 Å². The van der Waals surface area contributed by atoms with Crippen LogP contribution < -0.4 is 10.6 Å². The lowest BCUT2D eigenvalue weighted by Crippen LogP contribution is -2.46. The Labute approximate surface area is 125 Å². The molecule has 2 amide bonds. The van der Waals surface area contributed by atoms with Crippen LogP contribution in [0.25, 0.3) is 0 Å². The second-order valence-corrected chi connectivity index (χ2v) is 5.42. The molecule has 1 aliphatic heterocycles. The fourth-order valence-corrected chi connectivity index (χ4v) is 2.51. The number of hydrogen-bond donors (Lipinski definition) is 3. The number of benzene rings is 1. The Hall–Kier alpha value is -1.59. The SMILES string of the molecule is CCc1ccc(C(CO)NC(=O)NC2CCOC2C)cc1. The summed E-state index contributed by atoms with van der Waals surface area (Å²) in [5.41, 5.74) is 2.14. The van der Waals surface area contributed by atoms with Crippen LogP contribution in [0, 0.1) is 0 Å². The van der Waals surface area contributed by atoms with Gasteiger partial charge in [0.2, 0.25) is 0 Å². The van der Waals surface area contributed by atoms with Gasteiger partial charge < -0.3 is 20.5 Å². The molecule has 1 heterocycles. The highest BCUT2D eigenvalue weighted by Gasteiger charge is 2.26. The van der Waals surface area contributed by atoms with Crippen LogP contribution in [-0.4, -0.2) is 36.5 Å². The topological polar surface area (TPSA) is 70.6 Å². The van der Waals surface area contributed by atoms with E-state index in [1.54, 1.807) is 0 Å². The second kappa shape index (κ2) is 7.43. The van der Waals surface area contributed by atoms with Gasteiger partial charge in [-0.3, -0.25) is 0 Å². The summed E-state index contributed by atoms with van der Waals surface area (Å²) in [6, 6.07) is 7.30. The third-order valence-corrected chi connectivity index (χ3v) is 3.97. The molecule has 5 nitrogen and oxygen atoms in total. The number of urea groups is 1. The van der Waals surface area contributed by atoms with Gasteiger partial charge in [-0.25, -0.2) is 4.79 Å². The minimum absolute atomic E-state index is 0.0341. The summed E-state index contributed by atoms with van der Waals surface area (Å²) in [4.78, 5) is 12.0. The Bertz CT molecular complexity index is 461. The van der Waals surface area contributed by atoms with Gasteiger partial charge in [-0.2, -0.15) is 0 Å². The number of rotatable bonds is 5. The number of carbonyl (C=O) groups is 1. The van der Waals surface area contributed by atoms with Crippen molar-refractivity contribution in [3.63, 3.8) is 0 Å². The maximum atomic E-state index is 12.0. The van der Waals surface area contributed by atoms with Crippen LogP contribution in [0.3, 0.4) is 0 Å². The van der Waals surface area contributed by atoms with E-state index in [-0.39, 0.29) is 24.8 Å². The third kappa shape index (κ3) is 4.19. The molecule has 3 unspecified atom stereocenters. The molecule has 0 spiro atoms. The van der Waals surface area contributed by atoms with Crippen LogP contribution in [0.15, 0.2) is 24.3 Å². The molecule has 0 radical (unpaired) electrons. The van der Waals surface area contributed by atoms with Crippen molar-refractivity contribution >= 4 is 6.03 Å². The smallest absolute Gasteiger partial charge is 0.315 e. The van der Waals surface area contributed by atoms with Crippen molar-refractivity contribution in [3.05, 3.63) is 35.4 Å². The van der Waals surface area contributed by atoms with Crippen molar-refractivity contribution in [2.75, 3.05) is 13.2 Å². The van der Waals surface area contributed by atoms with E-state index in [1.807, 2.05) is 31.2 Å². The van der Waals surface area contributed by atoms with Gasteiger partial charge in [0.25, 0.3) is 0 Å². The summed E-state index contributed by atoms with van der Waals surface area (Å²) < 4.78 is 5.42. The zero-order chi connectivity index (χ0) is 15.2. The number of aliphatic hydroxyl groups excluding tert-OH is 1. The standard InChI is InChI=1S/C16H24N2O3/c1-3-12-4-6-13(7-5-12)15(10-19)18-16(20)17-14-8-9-21-11(14)2/h4-7,11,14-15,19H,3,8-10H2,1-2H3,(H2,17,18,20). The average Bonchev–Trinajstić information content (AvgIpc) is 2.90. The van der Waals surface area contributed by atoms with Gasteiger partial charge in [0.1, 0.15) is 0 Å². The molecule has 1 aromatic rings. The number of ether oxygens (including phenoxy) is 1. The fourth-order valence-electron chi connectivity index (χ4n) is 2.51. The molecule has 2 rings (SSSR count). The van der Waals surface area contributed by atoms with Crippen molar-refractivity contribution in [1.29, 1.82) is 0 Å². The van der Waals surface area contributed by atoms with Gasteiger partial charge in [0, 0.05) is 6.61 Å². The van der Waals surface area contributed by atoms with Crippen molar-refractivity contribution in [3.8, 4) is 0 Å². The highest BCUT2D eigenvalue weighted by atomic mass is 16.5. The summed E-state index contributed by atoms with van der Waals surface area (Å²) in [6.07, 6.45) is 1.83. The Morgan fingerprint density at radius 2 is 2.14 bits per heavy atom. The predicted octanol–water partition coefficient (Wildman–Crippen LogP) is 1.76. The zero-order valence-electron chi connectivity index (χ0n) is 12.6. The van der Waals surface area contributed by atoms with Crippen LogP contribution in [0.2, 0.25) is 0 Å². The molecule has 1 fully saturated rings. The van der Waals surface area contributed by atoms with Crippen LogP contribution in [0.4, 0.5) is 4.79 Å². The van der Waals surface area contributed by atoms with Crippen molar-refractivity contribution in [2.24, 2.45) is 0 Å². The largest absolute Gasteiger partial charge is 0.394 e. The monoisotopic (exact) mass is 292 g/mol. The molecule has 0 aliphatic carbocycles. The molecule has 1 saturated heterocycles. The van der Waals surface area contributed by atoms with Crippen molar-refractivity contribution in [2.45, 2.75) is 44.9 Å². The summed E-state index contributed by atoms with van der Waals surface area (Å²) in [5.74, 6) is 0. The molecule has 3 atom stereocenters. The van der Waals surface area contributed by atoms with E-state index in [2.05, 4.69) is 17.6 Å². The lowest BCUT2D eigenvalue weighted by molar-refractivity contribution is 0.114. The molecule has 3 N–H and O–H groups in total. The van der Waals surface area contributed by atoms with Gasteiger partial charge in [-0.15, -0.1) is 0 Å². The number of aryl methyl sites for hydroxylation is 1. The average molecular weight is 292 g/mol. The van der Waals surface area contributed by atoms with E-state index in [1.165, 1.54) is 5.56 Å². The number of carbonyl (C=O) groups excluding carboxylic acids is 1. The number of aliphatic hydroxyl groups is 1. The molecule has 0 bridgehead atoms. The molecule has 5 heteroatoms. The predicted molar refractivity (Wildman–Crippen MR) is 81.1 cm³/mol. The van der Waals surface area contributed by atoms with Gasteiger partial charge >= 0.3 is 6.03 Å². The first-order valence-electron chi connectivity index (χ1n) is 7.52. The summed E-state index contributed by atoms with van der Waals surface area (Å²) in [7, 11) is 0. The molecular formula is C16H24N2O3. The summed E-state index contributed by atoms with van der Waals surface area (Å²) in [6.45, 7) is 4.59.